The van der Waals surface area contributed by atoms with E-state index in [1.165, 1.54) is 11.5 Å². The Kier molecular flexibility index (Phi) is 4.41. The maximum absolute atomic E-state index is 12.4. The van der Waals surface area contributed by atoms with Gasteiger partial charge in [0.1, 0.15) is 17.2 Å². The third-order valence-electron chi connectivity index (χ3n) is 3.75. The molecule has 0 spiro atoms. The van der Waals surface area contributed by atoms with Crippen molar-refractivity contribution >= 4 is 22.7 Å². The van der Waals surface area contributed by atoms with E-state index in [1.54, 1.807) is 31.6 Å². The Bertz CT molecular complexity index is 1000. The summed E-state index contributed by atoms with van der Waals surface area (Å²) in [7, 11) is 5.59. The number of hydrogen-bond acceptors (Lipinski definition) is 5. The van der Waals surface area contributed by atoms with Gasteiger partial charge in [-0.15, -0.1) is 0 Å². The molecule has 0 aliphatic heterocycles. The maximum Gasteiger partial charge on any atom is 0.261 e. The van der Waals surface area contributed by atoms with E-state index in [9.17, 15) is 9.59 Å². The van der Waals surface area contributed by atoms with E-state index >= 15 is 0 Å². The second-order valence-corrected chi connectivity index (χ2v) is 6.26. The number of amides is 1. The van der Waals surface area contributed by atoms with Gasteiger partial charge in [0.05, 0.1) is 11.9 Å². The van der Waals surface area contributed by atoms with Crippen LogP contribution in [0.3, 0.4) is 0 Å². The first kappa shape index (κ1) is 16.9. The first-order chi connectivity index (χ1) is 11.8. The smallest absolute Gasteiger partial charge is 0.261 e. The van der Waals surface area contributed by atoms with E-state index in [0.717, 1.165) is 16.9 Å². The van der Waals surface area contributed by atoms with Crippen molar-refractivity contribution < 1.29 is 9.21 Å². The van der Waals surface area contributed by atoms with Crippen molar-refractivity contribution in [2.24, 2.45) is 7.05 Å². The van der Waals surface area contributed by atoms with Crippen molar-refractivity contribution in [2.45, 2.75) is 13.5 Å². The topological polar surface area (TPSA) is 80.4 Å². The summed E-state index contributed by atoms with van der Waals surface area (Å²) in [6.07, 6.45) is 3.35. The highest BCUT2D eigenvalue weighted by Crippen LogP contribution is 2.30. The monoisotopic (exact) mass is 340 g/mol. The second kappa shape index (κ2) is 6.52. The van der Waals surface area contributed by atoms with Gasteiger partial charge in [-0.2, -0.15) is 0 Å². The summed E-state index contributed by atoms with van der Waals surface area (Å²) in [4.78, 5) is 29.8. The number of carbonyl (C=O) groups excluding carboxylic acids is 1. The molecule has 1 amide bonds. The van der Waals surface area contributed by atoms with Crippen molar-refractivity contribution in [3.8, 4) is 11.1 Å². The lowest BCUT2D eigenvalue weighted by Gasteiger charge is -2.08. The highest BCUT2D eigenvalue weighted by atomic mass is 16.3. The molecule has 0 bridgehead atoms. The van der Waals surface area contributed by atoms with Gasteiger partial charge in [0, 0.05) is 31.9 Å². The number of aromatic nitrogens is 2. The van der Waals surface area contributed by atoms with Gasteiger partial charge in [0.2, 0.25) is 5.91 Å². The standard InChI is InChI=1S/C18H20N4O3/c1-11(23)20-16-7-12(5-6-19-16)15-10-22(4)18(24)14-8-13(9-21(2)3)25-17(14)15/h5-8,10H,9H2,1-4H3,(H,19,20,23). The van der Waals surface area contributed by atoms with Crippen LogP contribution in [0.4, 0.5) is 5.82 Å². The Hall–Kier alpha value is -2.93. The second-order valence-electron chi connectivity index (χ2n) is 6.26. The van der Waals surface area contributed by atoms with Gasteiger partial charge in [-0.05, 0) is 37.9 Å². The van der Waals surface area contributed by atoms with Crippen molar-refractivity contribution in [1.29, 1.82) is 0 Å². The van der Waals surface area contributed by atoms with Crippen LogP contribution >= 0.6 is 0 Å². The van der Waals surface area contributed by atoms with Crippen LogP contribution in [0.5, 0.6) is 0 Å². The molecule has 3 aromatic heterocycles. The van der Waals surface area contributed by atoms with Gasteiger partial charge in [0.15, 0.2) is 0 Å². The number of aryl methyl sites for hydroxylation is 1. The fourth-order valence-corrected chi connectivity index (χ4v) is 2.74. The van der Waals surface area contributed by atoms with Gasteiger partial charge in [-0.25, -0.2) is 4.98 Å². The highest BCUT2D eigenvalue weighted by molar-refractivity contribution is 5.93. The number of pyridine rings is 2. The molecule has 130 valence electrons. The third kappa shape index (κ3) is 3.46. The molecule has 0 aliphatic carbocycles. The first-order valence-corrected chi connectivity index (χ1v) is 7.86. The lowest BCUT2D eigenvalue weighted by molar-refractivity contribution is -0.114. The minimum absolute atomic E-state index is 0.108. The number of furan rings is 1. The van der Waals surface area contributed by atoms with Gasteiger partial charge < -0.3 is 19.2 Å². The van der Waals surface area contributed by atoms with Crippen LogP contribution in [0.15, 0.2) is 39.8 Å². The Morgan fingerprint density at radius 3 is 2.80 bits per heavy atom. The zero-order valence-corrected chi connectivity index (χ0v) is 14.7. The van der Waals surface area contributed by atoms with E-state index in [4.69, 9.17) is 4.42 Å². The van der Waals surface area contributed by atoms with E-state index in [1.807, 2.05) is 25.1 Å². The lowest BCUT2D eigenvalue weighted by Crippen LogP contribution is -2.15. The molecule has 0 radical (unpaired) electrons. The average molecular weight is 340 g/mol. The van der Waals surface area contributed by atoms with Crippen LogP contribution in [0, 0.1) is 0 Å². The molecule has 0 atom stereocenters. The van der Waals surface area contributed by atoms with Gasteiger partial charge in [-0.1, -0.05) is 0 Å². The number of hydrogen-bond donors (Lipinski definition) is 1. The average Bonchev–Trinajstić information content (AvgIpc) is 2.93. The molecule has 7 heteroatoms. The predicted molar refractivity (Wildman–Crippen MR) is 96.4 cm³/mol. The third-order valence-corrected chi connectivity index (χ3v) is 3.75. The van der Waals surface area contributed by atoms with E-state index < -0.39 is 0 Å². The molecule has 0 saturated carbocycles. The van der Waals surface area contributed by atoms with Crippen LogP contribution in [0.25, 0.3) is 22.1 Å². The Balaban J connectivity index is 2.18. The van der Waals surface area contributed by atoms with E-state index in [-0.39, 0.29) is 11.5 Å². The van der Waals surface area contributed by atoms with Crippen molar-refractivity contribution in [1.82, 2.24) is 14.5 Å². The Labute approximate surface area is 144 Å². The molecule has 3 rings (SSSR count). The lowest BCUT2D eigenvalue weighted by atomic mass is 10.1. The van der Waals surface area contributed by atoms with Gasteiger partial charge in [0.25, 0.3) is 5.56 Å². The van der Waals surface area contributed by atoms with Crippen LogP contribution < -0.4 is 10.9 Å². The summed E-state index contributed by atoms with van der Waals surface area (Å²) in [5.74, 6) is 0.981. The minimum Gasteiger partial charge on any atom is -0.459 e. The Morgan fingerprint density at radius 2 is 2.12 bits per heavy atom. The molecule has 25 heavy (non-hydrogen) atoms. The summed E-state index contributed by atoms with van der Waals surface area (Å²) in [5.41, 5.74) is 2.02. The number of nitrogens with one attached hydrogen (secondary N) is 1. The maximum atomic E-state index is 12.4. The molecule has 0 unspecified atom stereocenters. The fourth-order valence-electron chi connectivity index (χ4n) is 2.74. The van der Waals surface area contributed by atoms with Crippen LogP contribution in [-0.4, -0.2) is 34.5 Å². The van der Waals surface area contributed by atoms with Crippen LogP contribution in [-0.2, 0) is 18.4 Å². The molecular weight excluding hydrogens is 320 g/mol. The summed E-state index contributed by atoms with van der Waals surface area (Å²) in [6.45, 7) is 2.03. The molecule has 0 fully saturated rings. The quantitative estimate of drug-likeness (QED) is 0.788. The van der Waals surface area contributed by atoms with Crippen LogP contribution in [0.2, 0.25) is 0 Å². The largest absolute Gasteiger partial charge is 0.459 e. The van der Waals surface area contributed by atoms with Crippen molar-refractivity contribution in [3.05, 3.63) is 46.7 Å². The number of rotatable bonds is 4. The molecule has 1 N–H and O–H groups in total. The number of carbonyl (C=O) groups is 1. The number of anilines is 1. The molecule has 7 nitrogen and oxygen atoms in total. The minimum atomic E-state index is -0.193. The normalized spacial score (nSPS) is 11.2. The zero-order chi connectivity index (χ0) is 18.1. The summed E-state index contributed by atoms with van der Waals surface area (Å²) in [6, 6.07) is 5.37. The molecule has 3 aromatic rings. The molecule has 0 aliphatic rings. The Morgan fingerprint density at radius 1 is 1.36 bits per heavy atom. The van der Waals surface area contributed by atoms with Gasteiger partial charge >= 0.3 is 0 Å². The predicted octanol–water partition coefficient (Wildman–Crippen LogP) is 2.21. The van der Waals surface area contributed by atoms with Crippen LogP contribution in [0.1, 0.15) is 12.7 Å². The summed E-state index contributed by atoms with van der Waals surface area (Å²) >= 11 is 0. The van der Waals surface area contributed by atoms with Gasteiger partial charge in [-0.3, -0.25) is 9.59 Å². The molecule has 0 aromatic carbocycles. The number of fused-ring (bicyclic) bond motifs is 1. The SMILES string of the molecule is CC(=O)Nc1cc(-c2cn(C)c(=O)c3cc(CN(C)C)oc23)ccn1. The fraction of sp³-hybridized carbons (Fsp3) is 0.278. The van der Waals surface area contributed by atoms with Crippen molar-refractivity contribution in [3.63, 3.8) is 0 Å². The molecule has 0 saturated heterocycles. The summed E-state index contributed by atoms with van der Waals surface area (Å²) in [5, 5.41) is 3.20. The first-order valence-electron chi connectivity index (χ1n) is 7.86. The highest BCUT2D eigenvalue weighted by Gasteiger charge is 2.16. The summed E-state index contributed by atoms with van der Waals surface area (Å²) < 4.78 is 7.49. The van der Waals surface area contributed by atoms with E-state index in [0.29, 0.717) is 23.3 Å². The molecular formula is C18H20N4O3. The zero-order valence-electron chi connectivity index (χ0n) is 14.7. The molecule has 3 heterocycles. The number of nitrogens with zero attached hydrogens (tertiary/aromatic N) is 3. The van der Waals surface area contributed by atoms with E-state index in [2.05, 4.69) is 10.3 Å². The van der Waals surface area contributed by atoms with Crippen molar-refractivity contribution in [2.75, 3.05) is 19.4 Å².